The normalized spacial score (nSPS) is 17.3. The van der Waals surface area contributed by atoms with Gasteiger partial charge in [-0.25, -0.2) is 13.4 Å². The van der Waals surface area contributed by atoms with Crippen LogP contribution in [0, 0.1) is 0 Å². The summed E-state index contributed by atoms with van der Waals surface area (Å²) in [7, 11) is -3.84. The number of hydrogen-bond donors (Lipinski definition) is 2. The Hall–Kier alpha value is -2.47. The first-order valence-electron chi connectivity index (χ1n) is 9.79. The van der Waals surface area contributed by atoms with E-state index in [0.717, 1.165) is 0 Å². The first-order chi connectivity index (χ1) is 14.9. The minimum atomic E-state index is -3.84. The number of sulfonamides is 1. The lowest BCUT2D eigenvalue weighted by atomic mass is 10.3. The molecule has 31 heavy (non-hydrogen) atoms. The Morgan fingerprint density at radius 3 is 2.65 bits per heavy atom. The van der Waals surface area contributed by atoms with Crippen LogP contribution in [0.5, 0.6) is 0 Å². The van der Waals surface area contributed by atoms with E-state index < -0.39 is 28.1 Å². The smallest absolute Gasteiger partial charge is 0.309 e. The predicted molar refractivity (Wildman–Crippen MR) is 113 cm³/mol. The molecule has 2 aromatic rings. The fraction of sp³-hybridized carbons (Fsp3) is 0.421. The van der Waals surface area contributed by atoms with Crippen molar-refractivity contribution >= 4 is 33.4 Å². The van der Waals surface area contributed by atoms with E-state index in [1.54, 1.807) is 12.5 Å². The number of benzene rings is 1. The number of carbonyl (C=O) groups excluding carboxylic acids is 2. The van der Waals surface area contributed by atoms with Gasteiger partial charge >= 0.3 is 11.8 Å². The molecule has 0 radical (unpaired) electrons. The molecule has 3 rings (SSSR count). The number of ether oxygens (including phenoxy) is 1. The number of halogens is 1. The average Bonchev–Trinajstić information content (AvgIpc) is 3.29. The van der Waals surface area contributed by atoms with Crippen LogP contribution in [0.15, 0.2) is 47.9 Å². The van der Waals surface area contributed by atoms with Gasteiger partial charge in [0.05, 0.1) is 24.4 Å². The minimum Gasteiger partial charge on any atom is -0.360 e. The van der Waals surface area contributed by atoms with E-state index in [1.165, 1.54) is 28.6 Å². The summed E-state index contributed by atoms with van der Waals surface area (Å²) in [4.78, 5) is 28.1. The maximum atomic E-state index is 13.0. The molecule has 0 saturated carbocycles. The number of carbonyl (C=O) groups is 2. The molecule has 1 aromatic carbocycles. The molecular weight excluding hydrogens is 446 g/mol. The monoisotopic (exact) mass is 469 g/mol. The molecule has 1 aliphatic heterocycles. The Labute approximate surface area is 185 Å². The lowest BCUT2D eigenvalue weighted by molar-refractivity contribution is -0.140. The summed E-state index contributed by atoms with van der Waals surface area (Å²) in [5.41, 5.74) is 0. The molecule has 1 fully saturated rings. The van der Waals surface area contributed by atoms with Gasteiger partial charge in [0, 0.05) is 37.1 Å². The van der Waals surface area contributed by atoms with Crippen molar-refractivity contribution in [3.63, 3.8) is 0 Å². The number of aromatic nitrogens is 2. The lowest BCUT2D eigenvalue weighted by Crippen LogP contribution is -2.53. The number of nitrogens with zero attached hydrogens (tertiary/aromatic N) is 3. The first kappa shape index (κ1) is 23.2. The van der Waals surface area contributed by atoms with E-state index in [-0.39, 0.29) is 18.0 Å². The molecule has 0 unspecified atom stereocenters. The van der Waals surface area contributed by atoms with Gasteiger partial charge in [-0.2, -0.15) is 4.31 Å². The van der Waals surface area contributed by atoms with Gasteiger partial charge < -0.3 is 19.9 Å². The van der Waals surface area contributed by atoms with Crippen LogP contribution in [-0.4, -0.2) is 66.6 Å². The summed E-state index contributed by atoms with van der Waals surface area (Å²) >= 11 is 5.84. The number of imidazole rings is 1. The van der Waals surface area contributed by atoms with Crippen molar-refractivity contribution in [3.05, 3.63) is 48.0 Å². The highest BCUT2D eigenvalue weighted by Gasteiger charge is 2.34. The number of amides is 2. The summed E-state index contributed by atoms with van der Waals surface area (Å²) < 4.78 is 34.5. The molecule has 2 N–H and O–H groups in total. The highest BCUT2D eigenvalue weighted by atomic mass is 35.5. The van der Waals surface area contributed by atoms with Crippen molar-refractivity contribution < 1.29 is 22.7 Å². The Balaban J connectivity index is 1.50. The molecule has 1 aromatic heterocycles. The van der Waals surface area contributed by atoms with Gasteiger partial charge in [-0.05, 0) is 37.1 Å². The number of aryl methyl sites for hydroxylation is 1. The van der Waals surface area contributed by atoms with Crippen molar-refractivity contribution in [1.82, 2.24) is 24.5 Å². The predicted octanol–water partition coefficient (Wildman–Crippen LogP) is 0.596. The van der Waals surface area contributed by atoms with Crippen molar-refractivity contribution in [1.29, 1.82) is 0 Å². The topological polar surface area (TPSA) is 123 Å². The van der Waals surface area contributed by atoms with E-state index >= 15 is 0 Å². The Morgan fingerprint density at radius 1 is 1.19 bits per heavy atom. The maximum absolute atomic E-state index is 13.0. The van der Waals surface area contributed by atoms with Gasteiger partial charge in [0.2, 0.25) is 10.0 Å². The minimum absolute atomic E-state index is 0.0781. The average molecular weight is 470 g/mol. The van der Waals surface area contributed by atoms with Crippen LogP contribution >= 0.6 is 11.6 Å². The van der Waals surface area contributed by atoms with Crippen LogP contribution in [-0.2, 0) is 30.9 Å². The number of nitrogens with one attached hydrogen (secondary N) is 2. The van der Waals surface area contributed by atoms with E-state index in [4.69, 9.17) is 16.3 Å². The van der Waals surface area contributed by atoms with Gasteiger partial charge in [0.15, 0.2) is 0 Å². The molecule has 2 heterocycles. The quantitative estimate of drug-likeness (QED) is 0.431. The highest BCUT2D eigenvalue weighted by Crippen LogP contribution is 2.23. The molecule has 1 aliphatic rings. The SMILES string of the molecule is O=C(NCCCn1ccnc1)C(=O)NC[C@H]1OCCCN1S(=O)(=O)c1ccc(Cl)cc1. The van der Waals surface area contributed by atoms with E-state index in [2.05, 4.69) is 15.6 Å². The summed E-state index contributed by atoms with van der Waals surface area (Å²) in [6.07, 6.45) is 5.39. The largest absolute Gasteiger partial charge is 0.360 e. The lowest BCUT2D eigenvalue weighted by Gasteiger charge is -2.34. The van der Waals surface area contributed by atoms with E-state index in [9.17, 15) is 18.0 Å². The third-order valence-corrected chi connectivity index (χ3v) is 6.81. The van der Waals surface area contributed by atoms with Crippen molar-refractivity contribution in [2.24, 2.45) is 0 Å². The standard InChI is InChI=1S/C19H24ClN5O5S/c20-15-3-5-16(6-4-15)31(28,29)25-10-2-12-30-17(25)13-23-19(27)18(26)22-7-1-9-24-11-8-21-14-24/h3-6,8,11,14,17H,1-2,7,9-10,12-13H2,(H,22,26)(H,23,27)/t17-/m1/s1. The van der Waals surface area contributed by atoms with Crippen LogP contribution in [0.2, 0.25) is 5.02 Å². The van der Waals surface area contributed by atoms with Crippen LogP contribution in [0.4, 0.5) is 0 Å². The molecule has 1 saturated heterocycles. The molecule has 0 spiro atoms. The fourth-order valence-electron chi connectivity index (χ4n) is 3.07. The maximum Gasteiger partial charge on any atom is 0.309 e. The van der Waals surface area contributed by atoms with Crippen LogP contribution in [0.3, 0.4) is 0 Å². The van der Waals surface area contributed by atoms with E-state index in [1.807, 2.05) is 10.8 Å². The summed E-state index contributed by atoms with van der Waals surface area (Å²) in [6, 6.07) is 5.82. The molecule has 12 heteroatoms. The zero-order valence-corrected chi connectivity index (χ0v) is 18.3. The van der Waals surface area contributed by atoms with Gasteiger partial charge in [0.1, 0.15) is 6.23 Å². The van der Waals surface area contributed by atoms with Crippen molar-refractivity contribution in [3.8, 4) is 0 Å². The second-order valence-electron chi connectivity index (χ2n) is 6.87. The summed E-state index contributed by atoms with van der Waals surface area (Å²) in [5.74, 6) is -1.63. The molecule has 168 valence electrons. The third-order valence-electron chi connectivity index (χ3n) is 4.66. The van der Waals surface area contributed by atoms with Crippen molar-refractivity contribution in [2.75, 3.05) is 26.2 Å². The van der Waals surface area contributed by atoms with Crippen LogP contribution in [0.25, 0.3) is 0 Å². The Morgan fingerprint density at radius 2 is 1.94 bits per heavy atom. The molecule has 10 nitrogen and oxygen atoms in total. The third kappa shape index (κ3) is 6.26. The van der Waals surface area contributed by atoms with Crippen LogP contribution < -0.4 is 10.6 Å². The fourth-order valence-corrected chi connectivity index (χ4v) is 4.76. The van der Waals surface area contributed by atoms with Crippen LogP contribution in [0.1, 0.15) is 12.8 Å². The second-order valence-corrected chi connectivity index (χ2v) is 9.20. The molecule has 0 bridgehead atoms. The Bertz CT molecular complexity index is 982. The highest BCUT2D eigenvalue weighted by molar-refractivity contribution is 7.89. The summed E-state index contributed by atoms with van der Waals surface area (Å²) in [6.45, 7) is 1.43. The van der Waals surface area contributed by atoms with Crippen molar-refractivity contribution in [2.45, 2.75) is 30.5 Å². The molecule has 2 amide bonds. The zero-order valence-electron chi connectivity index (χ0n) is 16.7. The molecular formula is C19H24ClN5O5S. The second kappa shape index (κ2) is 10.7. The van der Waals surface area contributed by atoms with Gasteiger partial charge in [-0.3, -0.25) is 9.59 Å². The van der Waals surface area contributed by atoms with Gasteiger partial charge in [0.25, 0.3) is 0 Å². The van der Waals surface area contributed by atoms with Gasteiger partial charge in [-0.1, -0.05) is 11.6 Å². The Kier molecular flexibility index (Phi) is 8.02. The van der Waals surface area contributed by atoms with E-state index in [0.29, 0.717) is 37.6 Å². The van der Waals surface area contributed by atoms with Gasteiger partial charge in [-0.15, -0.1) is 0 Å². The number of rotatable bonds is 8. The molecule has 1 atom stereocenters. The molecule has 0 aliphatic carbocycles. The number of hydrogen-bond acceptors (Lipinski definition) is 6. The summed E-state index contributed by atoms with van der Waals surface area (Å²) in [5, 5.41) is 5.41. The zero-order chi connectivity index (χ0) is 22.3. The first-order valence-corrected chi connectivity index (χ1v) is 11.6.